The van der Waals surface area contributed by atoms with Crippen LogP contribution in [0.3, 0.4) is 0 Å². The lowest BCUT2D eigenvalue weighted by Crippen LogP contribution is -2.17. The number of aliphatic hydroxyl groups is 1. The first-order chi connectivity index (χ1) is 9.61. The Morgan fingerprint density at radius 1 is 1.35 bits per heavy atom. The summed E-state index contributed by atoms with van der Waals surface area (Å²) in [6.45, 7) is 1.03. The van der Waals surface area contributed by atoms with Crippen molar-refractivity contribution < 1.29 is 15.0 Å². The minimum absolute atomic E-state index is 0.0126. The highest BCUT2D eigenvalue weighted by molar-refractivity contribution is 5.88. The second-order valence-electron chi connectivity index (χ2n) is 4.52. The van der Waals surface area contributed by atoms with Gasteiger partial charge in [-0.05, 0) is 11.1 Å². The Hall–Kier alpha value is -2.18. The molecule has 2 aromatic rings. The molecule has 0 saturated carbocycles. The van der Waals surface area contributed by atoms with Crippen molar-refractivity contribution in [2.75, 3.05) is 0 Å². The van der Waals surface area contributed by atoms with E-state index < -0.39 is 5.97 Å². The number of carboxylic acids is 1. The summed E-state index contributed by atoms with van der Waals surface area (Å²) in [6.07, 6.45) is 1.35. The predicted octanol–water partition coefficient (Wildman–Crippen LogP) is 0.900. The van der Waals surface area contributed by atoms with E-state index in [4.69, 9.17) is 10.2 Å². The molecular weight excluding hydrogens is 258 g/mol. The summed E-state index contributed by atoms with van der Waals surface area (Å²) >= 11 is 0. The molecule has 0 spiro atoms. The normalized spacial score (nSPS) is 10.7. The van der Waals surface area contributed by atoms with Crippen LogP contribution in [-0.4, -0.2) is 26.0 Å². The van der Waals surface area contributed by atoms with E-state index in [1.807, 2.05) is 24.3 Å². The van der Waals surface area contributed by atoms with E-state index in [1.165, 1.54) is 6.20 Å². The maximum absolute atomic E-state index is 11.0. The Balaban J connectivity index is 1.99. The van der Waals surface area contributed by atoms with Gasteiger partial charge >= 0.3 is 5.97 Å². The standard InChI is InChI=1S/C14H17N3O3/c1-17-13(12(7-16-17)14(19)20)8-15-6-10-3-2-4-11(5-10)9-18/h2-5,7,15,18H,6,8-9H2,1H3,(H,19,20). The lowest BCUT2D eigenvalue weighted by atomic mass is 10.1. The largest absolute Gasteiger partial charge is 0.478 e. The number of rotatable bonds is 6. The van der Waals surface area contributed by atoms with Crippen molar-refractivity contribution in [1.29, 1.82) is 0 Å². The number of aryl methyl sites for hydroxylation is 1. The third kappa shape index (κ3) is 3.23. The second-order valence-corrected chi connectivity index (χ2v) is 4.52. The minimum Gasteiger partial charge on any atom is -0.478 e. The smallest absolute Gasteiger partial charge is 0.339 e. The number of aromatic carboxylic acids is 1. The van der Waals surface area contributed by atoms with Gasteiger partial charge in [0.2, 0.25) is 0 Å². The number of hydrogen-bond acceptors (Lipinski definition) is 4. The summed E-state index contributed by atoms with van der Waals surface area (Å²) in [5.41, 5.74) is 2.74. The fraction of sp³-hybridized carbons (Fsp3) is 0.286. The molecule has 0 radical (unpaired) electrons. The van der Waals surface area contributed by atoms with Crippen LogP contribution in [0, 0.1) is 0 Å². The van der Waals surface area contributed by atoms with Crippen LogP contribution in [0.2, 0.25) is 0 Å². The molecule has 3 N–H and O–H groups in total. The number of nitrogens with one attached hydrogen (secondary N) is 1. The highest BCUT2D eigenvalue weighted by Crippen LogP contribution is 2.09. The van der Waals surface area contributed by atoms with Crippen molar-refractivity contribution in [3.05, 3.63) is 52.8 Å². The maximum atomic E-state index is 11.0. The number of benzene rings is 1. The number of aliphatic hydroxyl groups excluding tert-OH is 1. The lowest BCUT2D eigenvalue weighted by molar-refractivity contribution is 0.0695. The van der Waals surface area contributed by atoms with Gasteiger partial charge in [0.15, 0.2) is 0 Å². The van der Waals surface area contributed by atoms with Gasteiger partial charge in [-0.25, -0.2) is 4.79 Å². The van der Waals surface area contributed by atoms with Gasteiger partial charge in [0.1, 0.15) is 5.56 Å². The average molecular weight is 275 g/mol. The van der Waals surface area contributed by atoms with Crippen molar-refractivity contribution >= 4 is 5.97 Å². The van der Waals surface area contributed by atoms with E-state index in [0.29, 0.717) is 18.8 Å². The SMILES string of the molecule is Cn1ncc(C(=O)O)c1CNCc1cccc(CO)c1. The van der Waals surface area contributed by atoms with E-state index in [2.05, 4.69) is 10.4 Å². The first kappa shape index (κ1) is 14.2. The monoisotopic (exact) mass is 275 g/mol. The van der Waals surface area contributed by atoms with Crippen LogP contribution < -0.4 is 5.32 Å². The van der Waals surface area contributed by atoms with Crippen LogP contribution in [-0.2, 0) is 26.7 Å². The zero-order valence-electron chi connectivity index (χ0n) is 11.2. The van der Waals surface area contributed by atoms with Crippen molar-refractivity contribution in [1.82, 2.24) is 15.1 Å². The third-order valence-corrected chi connectivity index (χ3v) is 3.09. The Labute approximate surface area is 116 Å². The highest BCUT2D eigenvalue weighted by atomic mass is 16.4. The molecule has 0 amide bonds. The highest BCUT2D eigenvalue weighted by Gasteiger charge is 2.14. The van der Waals surface area contributed by atoms with E-state index in [-0.39, 0.29) is 12.2 Å². The summed E-state index contributed by atoms with van der Waals surface area (Å²) in [4.78, 5) is 11.0. The molecule has 20 heavy (non-hydrogen) atoms. The summed E-state index contributed by atoms with van der Waals surface area (Å²) < 4.78 is 1.56. The minimum atomic E-state index is -0.975. The van der Waals surface area contributed by atoms with Crippen molar-refractivity contribution in [3.63, 3.8) is 0 Å². The van der Waals surface area contributed by atoms with Crippen molar-refractivity contribution in [2.24, 2.45) is 7.05 Å². The van der Waals surface area contributed by atoms with Gasteiger partial charge < -0.3 is 15.5 Å². The molecular formula is C14H17N3O3. The van der Waals surface area contributed by atoms with Gasteiger partial charge in [-0.3, -0.25) is 4.68 Å². The summed E-state index contributed by atoms with van der Waals surface area (Å²) in [5.74, 6) is -0.975. The maximum Gasteiger partial charge on any atom is 0.339 e. The molecule has 1 aromatic heterocycles. The third-order valence-electron chi connectivity index (χ3n) is 3.09. The van der Waals surface area contributed by atoms with Crippen LogP contribution >= 0.6 is 0 Å². The number of carboxylic acid groups (broad SMARTS) is 1. The van der Waals surface area contributed by atoms with Crippen LogP contribution in [0.1, 0.15) is 27.2 Å². The molecule has 0 fully saturated rings. The van der Waals surface area contributed by atoms with Gasteiger partial charge in [0, 0.05) is 20.1 Å². The first-order valence-electron chi connectivity index (χ1n) is 6.25. The van der Waals surface area contributed by atoms with E-state index >= 15 is 0 Å². The fourth-order valence-corrected chi connectivity index (χ4v) is 2.01. The molecule has 0 saturated heterocycles. The second kappa shape index (κ2) is 6.31. The molecule has 0 unspecified atom stereocenters. The first-order valence-corrected chi connectivity index (χ1v) is 6.25. The van der Waals surface area contributed by atoms with E-state index in [1.54, 1.807) is 11.7 Å². The van der Waals surface area contributed by atoms with Gasteiger partial charge in [-0.1, -0.05) is 24.3 Å². The van der Waals surface area contributed by atoms with Gasteiger partial charge in [0.05, 0.1) is 18.5 Å². The Morgan fingerprint density at radius 3 is 2.80 bits per heavy atom. The fourth-order valence-electron chi connectivity index (χ4n) is 2.01. The summed E-state index contributed by atoms with van der Waals surface area (Å²) in [5, 5.41) is 25.3. The number of hydrogen-bond donors (Lipinski definition) is 3. The summed E-state index contributed by atoms with van der Waals surface area (Å²) in [6, 6.07) is 7.60. The molecule has 0 atom stereocenters. The average Bonchev–Trinajstić information content (AvgIpc) is 2.81. The van der Waals surface area contributed by atoms with E-state index in [9.17, 15) is 4.79 Å². The van der Waals surface area contributed by atoms with Crippen molar-refractivity contribution in [3.8, 4) is 0 Å². The number of carbonyl (C=O) groups is 1. The predicted molar refractivity (Wildman–Crippen MR) is 73.1 cm³/mol. The Bertz CT molecular complexity index is 607. The molecule has 6 heteroatoms. The van der Waals surface area contributed by atoms with Crippen molar-refractivity contribution in [2.45, 2.75) is 19.7 Å². The number of nitrogens with zero attached hydrogens (tertiary/aromatic N) is 2. The molecule has 0 aliphatic heterocycles. The van der Waals surface area contributed by atoms with Crippen LogP contribution in [0.5, 0.6) is 0 Å². The quantitative estimate of drug-likeness (QED) is 0.729. The van der Waals surface area contributed by atoms with Gasteiger partial charge in [0.25, 0.3) is 0 Å². The Kier molecular flexibility index (Phi) is 4.49. The molecule has 0 aliphatic carbocycles. The topological polar surface area (TPSA) is 87.4 Å². The van der Waals surface area contributed by atoms with E-state index in [0.717, 1.165) is 11.1 Å². The molecule has 1 heterocycles. The molecule has 6 nitrogen and oxygen atoms in total. The van der Waals surface area contributed by atoms with Gasteiger partial charge in [-0.2, -0.15) is 5.10 Å². The van der Waals surface area contributed by atoms with Crippen LogP contribution in [0.15, 0.2) is 30.5 Å². The molecule has 2 rings (SSSR count). The Morgan fingerprint density at radius 2 is 2.10 bits per heavy atom. The molecule has 1 aromatic carbocycles. The molecule has 0 bridgehead atoms. The zero-order valence-corrected chi connectivity index (χ0v) is 11.2. The molecule has 0 aliphatic rings. The number of aromatic nitrogens is 2. The summed E-state index contributed by atoms with van der Waals surface area (Å²) in [7, 11) is 1.72. The van der Waals surface area contributed by atoms with Gasteiger partial charge in [-0.15, -0.1) is 0 Å². The molecule has 106 valence electrons. The van der Waals surface area contributed by atoms with Crippen LogP contribution in [0.25, 0.3) is 0 Å². The lowest BCUT2D eigenvalue weighted by Gasteiger charge is -2.07. The van der Waals surface area contributed by atoms with Crippen LogP contribution in [0.4, 0.5) is 0 Å². The zero-order chi connectivity index (χ0) is 14.5.